The maximum absolute atomic E-state index is 13.9. The molecule has 3 aromatic rings. The lowest BCUT2D eigenvalue weighted by Crippen LogP contribution is -2.51. The Labute approximate surface area is 224 Å². The minimum absolute atomic E-state index is 0.0915. The fraction of sp³-hybridized carbons (Fsp3) is 0.345. The summed E-state index contributed by atoms with van der Waals surface area (Å²) < 4.78 is 45.7. The summed E-state index contributed by atoms with van der Waals surface area (Å²) in [5.74, 6) is 1.09. The van der Waals surface area contributed by atoms with E-state index >= 15 is 0 Å². The Bertz CT molecular complexity index is 1410. The Balaban J connectivity index is 1.70. The fourth-order valence-electron chi connectivity index (χ4n) is 4.37. The molecule has 0 saturated heterocycles. The number of ether oxygens (including phenoxy) is 3. The highest BCUT2D eigenvalue weighted by Gasteiger charge is 2.38. The van der Waals surface area contributed by atoms with Crippen molar-refractivity contribution < 1.29 is 27.4 Å². The molecule has 1 aliphatic heterocycles. The van der Waals surface area contributed by atoms with Gasteiger partial charge in [-0.1, -0.05) is 45.0 Å². The number of hydrogen-bond donors (Lipinski definition) is 1. The van der Waals surface area contributed by atoms with Gasteiger partial charge in [-0.3, -0.25) is 9.10 Å². The van der Waals surface area contributed by atoms with Gasteiger partial charge in [0.05, 0.1) is 37.4 Å². The second-order valence-corrected chi connectivity index (χ2v) is 12.1. The zero-order valence-corrected chi connectivity index (χ0v) is 23.3. The van der Waals surface area contributed by atoms with Crippen LogP contribution in [0.5, 0.6) is 17.2 Å². The van der Waals surface area contributed by atoms with E-state index in [9.17, 15) is 13.2 Å². The third-order valence-electron chi connectivity index (χ3n) is 6.60. The average Bonchev–Trinajstić information content (AvgIpc) is 2.91. The van der Waals surface area contributed by atoms with Gasteiger partial charge in [-0.25, -0.2) is 8.42 Å². The molecule has 9 heteroatoms. The summed E-state index contributed by atoms with van der Waals surface area (Å²) in [4.78, 5) is 13.5. The predicted molar refractivity (Wildman–Crippen MR) is 147 cm³/mol. The number of nitrogens with one attached hydrogen (secondary N) is 1. The first-order valence-electron chi connectivity index (χ1n) is 12.4. The third kappa shape index (κ3) is 5.43. The van der Waals surface area contributed by atoms with E-state index in [1.54, 1.807) is 25.3 Å². The second-order valence-electron chi connectivity index (χ2n) is 10.2. The molecule has 4 rings (SSSR count). The summed E-state index contributed by atoms with van der Waals surface area (Å²) >= 11 is 0. The molecular weight excluding hydrogens is 504 g/mol. The average molecular weight is 539 g/mol. The van der Waals surface area contributed by atoms with Crippen LogP contribution in [0.25, 0.3) is 0 Å². The minimum Gasteiger partial charge on any atom is -0.497 e. The molecule has 202 valence electrons. The van der Waals surface area contributed by atoms with Gasteiger partial charge in [-0.2, -0.15) is 0 Å². The zero-order chi connectivity index (χ0) is 27.7. The molecule has 1 heterocycles. The Morgan fingerprint density at radius 1 is 1.03 bits per heavy atom. The number of amides is 1. The highest BCUT2D eigenvalue weighted by Crippen LogP contribution is 2.40. The van der Waals surface area contributed by atoms with Crippen LogP contribution in [0.15, 0.2) is 71.6 Å². The van der Waals surface area contributed by atoms with Crippen molar-refractivity contribution in [1.82, 2.24) is 5.32 Å². The largest absolute Gasteiger partial charge is 0.497 e. The van der Waals surface area contributed by atoms with Gasteiger partial charge in [0.15, 0.2) is 6.10 Å². The number of rotatable bonds is 7. The lowest BCUT2D eigenvalue weighted by atomic mass is 9.86. The molecule has 0 aromatic heterocycles. The second kappa shape index (κ2) is 10.6. The number of anilines is 1. The molecular formula is C29H34N2O6S. The summed E-state index contributed by atoms with van der Waals surface area (Å²) in [5.41, 5.74) is 1.93. The first-order valence-corrected chi connectivity index (χ1v) is 13.8. The number of carbonyl (C=O) groups is 1. The van der Waals surface area contributed by atoms with Crippen LogP contribution in [-0.4, -0.2) is 41.2 Å². The molecule has 0 radical (unpaired) electrons. The van der Waals surface area contributed by atoms with Crippen molar-refractivity contribution >= 4 is 21.6 Å². The minimum atomic E-state index is -4.02. The molecule has 38 heavy (non-hydrogen) atoms. The van der Waals surface area contributed by atoms with E-state index in [-0.39, 0.29) is 16.9 Å². The van der Waals surface area contributed by atoms with E-state index in [1.807, 2.05) is 43.3 Å². The van der Waals surface area contributed by atoms with E-state index in [1.165, 1.54) is 23.5 Å². The zero-order valence-electron chi connectivity index (χ0n) is 22.5. The smallest absolute Gasteiger partial charge is 0.264 e. The Morgan fingerprint density at radius 2 is 1.71 bits per heavy atom. The molecule has 0 spiro atoms. The van der Waals surface area contributed by atoms with Crippen molar-refractivity contribution in [3.63, 3.8) is 0 Å². The van der Waals surface area contributed by atoms with Crippen LogP contribution in [0.1, 0.15) is 44.9 Å². The number of para-hydroxylation sites is 1. The van der Waals surface area contributed by atoms with Gasteiger partial charge < -0.3 is 19.5 Å². The summed E-state index contributed by atoms with van der Waals surface area (Å²) in [7, 11) is -0.932. The molecule has 1 N–H and O–H groups in total. The number of fused-ring (bicyclic) bond motifs is 1. The van der Waals surface area contributed by atoms with Crippen LogP contribution in [0.2, 0.25) is 0 Å². The van der Waals surface area contributed by atoms with Crippen molar-refractivity contribution in [3.05, 3.63) is 77.9 Å². The van der Waals surface area contributed by atoms with E-state index in [2.05, 4.69) is 26.1 Å². The van der Waals surface area contributed by atoms with Crippen LogP contribution in [0, 0.1) is 0 Å². The van der Waals surface area contributed by atoms with Gasteiger partial charge >= 0.3 is 0 Å². The number of nitrogens with zero attached hydrogens (tertiary/aromatic N) is 1. The molecule has 8 nitrogen and oxygen atoms in total. The SMILES string of the molecule is COc1ccc(S(=O)(=O)N2CC(C(=O)NC(C)c3ccccc3OC)Oc3ccc(C(C)(C)C)cc32)cc1. The van der Waals surface area contributed by atoms with Gasteiger partial charge in [-0.15, -0.1) is 0 Å². The topological polar surface area (TPSA) is 94.2 Å². The molecule has 0 aliphatic carbocycles. The maximum Gasteiger partial charge on any atom is 0.264 e. The number of sulfonamides is 1. The van der Waals surface area contributed by atoms with Crippen LogP contribution >= 0.6 is 0 Å². The van der Waals surface area contributed by atoms with Gasteiger partial charge in [0.1, 0.15) is 17.2 Å². The first-order chi connectivity index (χ1) is 18.0. The number of carbonyl (C=O) groups excluding carboxylic acids is 1. The monoisotopic (exact) mass is 538 g/mol. The van der Waals surface area contributed by atoms with E-state index in [0.717, 1.165) is 11.1 Å². The van der Waals surface area contributed by atoms with Crippen molar-refractivity contribution in [2.45, 2.75) is 50.2 Å². The van der Waals surface area contributed by atoms with Crippen molar-refractivity contribution in [2.24, 2.45) is 0 Å². The molecule has 1 aliphatic rings. The van der Waals surface area contributed by atoms with Gasteiger partial charge in [0.25, 0.3) is 15.9 Å². The lowest BCUT2D eigenvalue weighted by Gasteiger charge is -2.36. The van der Waals surface area contributed by atoms with Crippen LogP contribution < -0.4 is 23.8 Å². The number of hydrogen-bond acceptors (Lipinski definition) is 6. The standard InChI is InChI=1S/C29H34N2O6S/c1-19(23-9-7-8-10-25(23)36-6)30-28(32)27-18-31(38(33,34)22-14-12-21(35-5)13-15-22)24-17-20(29(2,3)4)11-16-26(24)37-27/h7-17,19,27H,18H2,1-6H3,(H,30,32). The Hall–Kier alpha value is -3.72. The third-order valence-corrected chi connectivity index (χ3v) is 8.39. The van der Waals surface area contributed by atoms with Crippen LogP contribution in [0.3, 0.4) is 0 Å². The highest BCUT2D eigenvalue weighted by atomic mass is 32.2. The van der Waals surface area contributed by atoms with E-state index < -0.39 is 28.1 Å². The van der Waals surface area contributed by atoms with Gasteiger partial charge in [-0.05, 0) is 60.4 Å². The quantitative estimate of drug-likeness (QED) is 0.463. The summed E-state index contributed by atoms with van der Waals surface area (Å²) in [5, 5.41) is 2.95. The van der Waals surface area contributed by atoms with Crippen LogP contribution in [0.4, 0.5) is 5.69 Å². The summed E-state index contributed by atoms with van der Waals surface area (Å²) in [6, 6.07) is 18.7. The number of methoxy groups -OCH3 is 2. The maximum atomic E-state index is 13.9. The number of benzene rings is 3. The van der Waals surface area contributed by atoms with Crippen molar-refractivity contribution in [1.29, 1.82) is 0 Å². The normalized spacial score (nSPS) is 16.2. The lowest BCUT2D eigenvalue weighted by molar-refractivity contribution is -0.128. The van der Waals surface area contributed by atoms with E-state index in [4.69, 9.17) is 14.2 Å². The molecule has 2 atom stereocenters. The molecule has 0 saturated carbocycles. The Kier molecular flexibility index (Phi) is 7.60. The molecule has 0 bridgehead atoms. The first kappa shape index (κ1) is 27.3. The van der Waals surface area contributed by atoms with Gasteiger partial charge in [0, 0.05) is 5.56 Å². The van der Waals surface area contributed by atoms with Crippen LogP contribution in [-0.2, 0) is 20.2 Å². The molecule has 1 amide bonds. The summed E-state index contributed by atoms with van der Waals surface area (Å²) in [6.45, 7) is 7.82. The molecule has 0 fully saturated rings. The fourth-order valence-corrected chi connectivity index (χ4v) is 5.83. The van der Waals surface area contributed by atoms with E-state index in [0.29, 0.717) is 22.9 Å². The predicted octanol–water partition coefficient (Wildman–Crippen LogP) is 4.84. The van der Waals surface area contributed by atoms with Crippen molar-refractivity contribution in [3.8, 4) is 17.2 Å². The van der Waals surface area contributed by atoms with Gasteiger partial charge in [0.2, 0.25) is 0 Å². The summed E-state index contributed by atoms with van der Waals surface area (Å²) in [6.07, 6.45) is -1.06. The Morgan fingerprint density at radius 3 is 2.34 bits per heavy atom. The van der Waals surface area contributed by atoms with Crippen molar-refractivity contribution in [2.75, 3.05) is 25.1 Å². The molecule has 2 unspecified atom stereocenters. The highest BCUT2D eigenvalue weighted by molar-refractivity contribution is 7.92. The molecule has 3 aromatic carbocycles.